The molecule has 0 bridgehead atoms. The summed E-state index contributed by atoms with van der Waals surface area (Å²) in [5.41, 5.74) is 0.983. The monoisotopic (exact) mass is 339 g/mol. The van der Waals surface area contributed by atoms with E-state index in [2.05, 4.69) is 10.3 Å². The summed E-state index contributed by atoms with van der Waals surface area (Å²) in [6, 6.07) is 10.3. The minimum atomic E-state index is -0.945. The molecule has 1 aromatic carbocycles. The van der Waals surface area contributed by atoms with Gasteiger partial charge in [0, 0.05) is 42.3 Å². The van der Waals surface area contributed by atoms with Gasteiger partial charge in [-0.25, -0.2) is 4.79 Å². The van der Waals surface area contributed by atoms with Crippen LogP contribution >= 0.6 is 0 Å². The van der Waals surface area contributed by atoms with Crippen molar-refractivity contribution < 1.29 is 14.7 Å². The van der Waals surface area contributed by atoms with Crippen molar-refractivity contribution in [1.29, 1.82) is 0 Å². The standard InChI is InChI=1S/C19H21N3O3/c1-14(23)15-4-2-6-17(12-15)21-18(24)22-10-7-19(25,8-11-22)16-5-3-9-20-13-16/h2-6,9,12-13,25H,7-8,10-11H2,1H3,(H,21,24). The van der Waals surface area contributed by atoms with Crippen molar-refractivity contribution >= 4 is 17.5 Å². The highest BCUT2D eigenvalue weighted by molar-refractivity contribution is 5.96. The highest BCUT2D eigenvalue weighted by Gasteiger charge is 2.35. The number of carbonyl (C=O) groups excluding carboxylic acids is 2. The van der Waals surface area contributed by atoms with Gasteiger partial charge in [-0.3, -0.25) is 9.78 Å². The van der Waals surface area contributed by atoms with E-state index in [9.17, 15) is 14.7 Å². The minimum Gasteiger partial charge on any atom is -0.385 e. The Hall–Kier alpha value is -2.73. The second-order valence-corrected chi connectivity index (χ2v) is 6.33. The molecular formula is C19H21N3O3. The molecule has 0 aliphatic carbocycles. The first-order valence-electron chi connectivity index (χ1n) is 8.28. The average Bonchev–Trinajstić information content (AvgIpc) is 2.63. The predicted molar refractivity (Wildman–Crippen MR) is 94.4 cm³/mol. The lowest BCUT2D eigenvalue weighted by atomic mass is 9.85. The second kappa shape index (κ2) is 7.03. The third-order valence-electron chi connectivity index (χ3n) is 4.60. The van der Waals surface area contributed by atoms with Crippen LogP contribution in [0.25, 0.3) is 0 Å². The van der Waals surface area contributed by atoms with Gasteiger partial charge in [0.25, 0.3) is 0 Å². The van der Waals surface area contributed by atoms with E-state index in [1.54, 1.807) is 47.6 Å². The molecule has 2 heterocycles. The third-order valence-corrected chi connectivity index (χ3v) is 4.60. The molecule has 0 unspecified atom stereocenters. The van der Waals surface area contributed by atoms with E-state index in [0.29, 0.717) is 37.2 Å². The molecule has 25 heavy (non-hydrogen) atoms. The van der Waals surface area contributed by atoms with E-state index in [1.165, 1.54) is 6.92 Å². The van der Waals surface area contributed by atoms with E-state index in [1.807, 2.05) is 6.07 Å². The number of anilines is 1. The van der Waals surface area contributed by atoms with Gasteiger partial charge in [-0.05, 0) is 38.0 Å². The molecule has 2 amide bonds. The smallest absolute Gasteiger partial charge is 0.321 e. The summed E-state index contributed by atoms with van der Waals surface area (Å²) < 4.78 is 0. The summed E-state index contributed by atoms with van der Waals surface area (Å²) in [7, 11) is 0. The Kier molecular flexibility index (Phi) is 4.81. The van der Waals surface area contributed by atoms with Crippen LogP contribution in [0.1, 0.15) is 35.7 Å². The van der Waals surface area contributed by atoms with Gasteiger partial charge in [-0.15, -0.1) is 0 Å². The molecule has 6 heteroatoms. The highest BCUT2D eigenvalue weighted by Crippen LogP contribution is 2.32. The van der Waals surface area contributed by atoms with E-state index < -0.39 is 5.60 Å². The molecule has 0 atom stereocenters. The molecule has 1 aliphatic heterocycles. The van der Waals surface area contributed by atoms with Crippen molar-refractivity contribution in [2.45, 2.75) is 25.4 Å². The van der Waals surface area contributed by atoms with Crippen LogP contribution < -0.4 is 5.32 Å². The van der Waals surface area contributed by atoms with Gasteiger partial charge in [0.2, 0.25) is 0 Å². The Morgan fingerprint density at radius 1 is 1.20 bits per heavy atom. The zero-order chi connectivity index (χ0) is 17.9. The number of piperidine rings is 1. The summed E-state index contributed by atoms with van der Waals surface area (Å²) in [5, 5.41) is 13.6. The molecule has 3 rings (SSSR count). The lowest BCUT2D eigenvalue weighted by Gasteiger charge is -2.38. The number of nitrogens with one attached hydrogen (secondary N) is 1. The molecule has 0 radical (unpaired) electrons. The lowest BCUT2D eigenvalue weighted by molar-refractivity contribution is -0.0159. The maximum atomic E-state index is 12.4. The number of amides is 2. The largest absolute Gasteiger partial charge is 0.385 e. The van der Waals surface area contributed by atoms with Crippen LogP contribution in [0.4, 0.5) is 10.5 Å². The minimum absolute atomic E-state index is 0.0457. The summed E-state index contributed by atoms with van der Waals surface area (Å²) in [5.74, 6) is -0.0457. The van der Waals surface area contributed by atoms with Crippen LogP contribution in [-0.4, -0.2) is 39.9 Å². The number of aromatic nitrogens is 1. The Labute approximate surface area is 146 Å². The molecular weight excluding hydrogens is 318 g/mol. The Bertz CT molecular complexity index is 768. The van der Waals surface area contributed by atoms with Crippen molar-refractivity contribution in [2.24, 2.45) is 0 Å². The topological polar surface area (TPSA) is 82.5 Å². The van der Waals surface area contributed by atoms with Crippen LogP contribution in [0.3, 0.4) is 0 Å². The number of nitrogens with zero attached hydrogens (tertiary/aromatic N) is 2. The van der Waals surface area contributed by atoms with Crippen molar-refractivity contribution in [1.82, 2.24) is 9.88 Å². The number of pyridine rings is 1. The van der Waals surface area contributed by atoms with E-state index >= 15 is 0 Å². The van der Waals surface area contributed by atoms with Crippen LogP contribution in [0.5, 0.6) is 0 Å². The average molecular weight is 339 g/mol. The fraction of sp³-hybridized carbons (Fsp3) is 0.316. The number of carbonyl (C=O) groups is 2. The first kappa shape index (κ1) is 17.1. The molecule has 2 aromatic rings. The molecule has 1 aromatic heterocycles. The highest BCUT2D eigenvalue weighted by atomic mass is 16.3. The first-order valence-corrected chi connectivity index (χ1v) is 8.28. The quantitative estimate of drug-likeness (QED) is 0.843. The number of urea groups is 1. The van der Waals surface area contributed by atoms with Crippen LogP contribution in [0.15, 0.2) is 48.8 Å². The molecule has 1 saturated heterocycles. The van der Waals surface area contributed by atoms with Gasteiger partial charge >= 0.3 is 6.03 Å². The van der Waals surface area contributed by atoms with Crippen molar-refractivity contribution in [3.05, 3.63) is 59.9 Å². The van der Waals surface area contributed by atoms with Gasteiger partial charge in [0.1, 0.15) is 0 Å². The number of hydrogen-bond donors (Lipinski definition) is 2. The number of ketones is 1. The number of aliphatic hydroxyl groups is 1. The number of hydrogen-bond acceptors (Lipinski definition) is 4. The van der Waals surface area contributed by atoms with Gasteiger partial charge in [0.15, 0.2) is 5.78 Å². The number of Topliss-reactive ketones (excluding diaryl/α,β-unsaturated/α-hetero) is 1. The number of rotatable bonds is 3. The van der Waals surface area contributed by atoms with Crippen molar-refractivity contribution in [3.63, 3.8) is 0 Å². The lowest BCUT2D eigenvalue weighted by Crippen LogP contribution is -2.46. The van der Waals surface area contributed by atoms with Gasteiger partial charge in [-0.2, -0.15) is 0 Å². The SMILES string of the molecule is CC(=O)c1cccc(NC(=O)N2CCC(O)(c3cccnc3)CC2)c1. The molecule has 6 nitrogen and oxygen atoms in total. The molecule has 130 valence electrons. The van der Waals surface area contributed by atoms with Crippen molar-refractivity contribution in [3.8, 4) is 0 Å². The number of benzene rings is 1. The van der Waals surface area contributed by atoms with Crippen LogP contribution in [-0.2, 0) is 5.60 Å². The van der Waals surface area contributed by atoms with E-state index in [-0.39, 0.29) is 11.8 Å². The van der Waals surface area contributed by atoms with Crippen molar-refractivity contribution in [2.75, 3.05) is 18.4 Å². The molecule has 0 spiro atoms. The summed E-state index contributed by atoms with van der Waals surface area (Å²) in [6.45, 7) is 2.39. The summed E-state index contributed by atoms with van der Waals surface area (Å²) in [4.78, 5) is 29.6. The number of likely N-dealkylation sites (tertiary alicyclic amines) is 1. The zero-order valence-electron chi connectivity index (χ0n) is 14.1. The first-order chi connectivity index (χ1) is 12.0. The Morgan fingerprint density at radius 2 is 1.96 bits per heavy atom. The molecule has 1 aliphatic rings. The molecule has 1 fully saturated rings. The van der Waals surface area contributed by atoms with E-state index in [4.69, 9.17) is 0 Å². The van der Waals surface area contributed by atoms with Gasteiger partial charge in [-0.1, -0.05) is 18.2 Å². The van der Waals surface area contributed by atoms with Gasteiger partial charge in [0.05, 0.1) is 5.60 Å². The Balaban J connectivity index is 1.62. The second-order valence-electron chi connectivity index (χ2n) is 6.33. The summed E-state index contributed by atoms with van der Waals surface area (Å²) >= 11 is 0. The predicted octanol–water partition coefficient (Wildman–Crippen LogP) is 2.80. The van der Waals surface area contributed by atoms with Gasteiger partial charge < -0.3 is 15.3 Å². The fourth-order valence-electron chi connectivity index (χ4n) is 3.02. The fourth-order valence-corrected chi connectivity index (χ4v) is 3.02. The van der Waals surface area contributed by atoms with Crippen LogP contribution in [0, 0.1) is 0 Å². The maximum absolute atomic E-state index is 12.4. The normalized spacial score (nSPS) is 16.3. The maximum Gasteiger partial charge on any atom is 0.321 e. The third kappa shape index (κ3) is 3.85. The molecule has 2 N–H and O–H groups in total. The summed E-state index contributed by atoms with van der Waals surface area (Å²) in [6.07, 6.45) is 4.26. The Morgan fingerprint density at radius 3 is 2.60 bits per heavy atom. The molecule has 0 saturated carbocycles. The van der Waals surface area contributed by atoms with E-state index in [0.717, 1.165) is 5.56 Å². The zero-order valence-corrected chi connectivity index (χ0v) is 14.1. The van der Waals surface area contributed by atoms with Crippen LogP contribution in [0.2, 0.25) is 0 Å².